The van der Waals surface area contributed by atoms with E-state index in [0.29, 0.717) is 17.3 Å². The maximum atomic E-state index is 11.7. The van der Waals surface area contributed by atoms with Gasteiger partial charge in [0.1, 0.15) is 18.9 Å². The lowest BCUT2D eigenvalue weighted by atomic mass is 10.3. The van der Waals surface area contributed by atoms with Crippen molar-refractivity contribution < 1.29 is 9.53 Å². The Morgan fingerprint density at radius 1 is 1.23 bits per heavy atom. The summed E-state index contributed by atoms with van der Waals surface area (Å²) < 4.78 is 6.52. The number of halogens is 1. The summed E-state index contributed by atoms with van der Waals surface area (Å²) in [7, 11) is 0. The first-order valence-electron chi connectivity index (χ1n) is 6.49. The van der Waals surface area contributed by atoms with Crippen molar-refractivity contribution in [2.24, 2.45) is 0 Å². The lowest BCUT2D eigenvalue weighted by molar-refractivity contribution is -0.121. The zero-order chi connectivity index (χ0) is 15.9. The Kier molecular flexibility index (Phi) is 5.37. The highest BCUT2D eigenvalue weighted by molar-refractivity contribution is 6.30. The number of aromatic nitrogens is 2. The summed E-state index contributed by atoms with van der Waals surface area (Å²) >= 11 is 5.75. The predicted octanol–water partition coefficient (Wildman–Crippen LogP) is 0.385. The van der Waals surface area contributed by atoms with Crippen molar-refractivity contribution in [3.63, 3.8) is 0 Å². The third-order valence-corrected chi connectivity index (χ3v) is 2.97. The van der Waals surface area contributed by atoms with Gasteiger partial charge in [-0.3, -0.25) is 19.1 Å². The number of nitrogens with one attached hydrogen (secondary N) is 2. The number of hydrogen-bond acceptors (Lipinski definition) is 4. The van der Waals surface area contributed by atoms with Crippen LogP contribution in [0.25, 0.3) is 0 Å². The molecule has 0 spiro atoms. The summed E-state index contributed by atoms with van der Waals surface area (Å²) in [5, 5.41) is 3.23. The zero-order valence-corrected chi connectivity index (χ0v) is 12.3. The van der Waals surface area contributed by atoms with E-state index in [1.54, 1.807) is 24.3 Å². The van der Waals surface area contributed by atoms with Crippen molar-refractivity contribution >= 4 is 17.5 Å². The topological polar surface area (TPSA) is 93.2 Å². The Labute approximate surface area is 130 Å². The molecule has 0 aliphatic heterocycles. The Balaban J connectivity index is 1.75. The predicted molar refractivity (Wildman–Crippen MR) is 81.3 cm³/mol. The second-order valence-corrected chi connectivity index (χ2v) is 4.83. The van der Waals surface area contributed by atoms with Crippen LogP contribution < -0.4 is 21.3 Å². The average Bonchev–Trinajstić information content (AvgIpc) is 2.48. The number of carbonyl (C=O) groups is 1. The van der Waals surface area contributed by atoms with Gasteiger partial charge in [0, 0.05) is 17.3 Å². The quantitative estimate of drug-likeness (QED) is 0.752. The van der Waals surface area contributed by atoms with Gasteiger partial charge in [-0.05, 0) is 24.3 Å². The van der Waals surface area contributed by atoms with Crippen LogP contribution in [0.3, 0.4) is 0 Å². The van der Waals surface area contributed by atoms with E-state index in [1.807, 2.05) is 0 Å². The monoisotopic (exact) mass is 323 g/mol. The molecule has 8 heteroatoms. The van der Waals surface area contributed by atoms with E-state index in [4.69, 9.17) is 16.3 Å². The van der Waals surface area contributed by atoms with Crippen LogP contribution in [0.5, 0.6) is 5.75 Å². The fraction of sp³-hybridized carbons (Fsp3) is 0.214. The molecule has 0 unspecified atom stereocenters. The standard InChI is InChI=1S/C14H14ClN3O4/c15-10-1-3-11(4-2-10)22-8-6-16-13(20)9-18-7-5-12(19)17-14(18)21/h1-5,7H,6,8-9H2,(H,16,20)(H,17,19,21). The second kappa shape index (κ2) is 7.46. The van der Waals surface area contributed by atoms with E-state index in [1.165, 1.54) is 12.3 Å². The Morgan fingerprint density at radius 2 is 1.95 bits per heavy atom. The molecule has 2 N–H and O–H groups in total. The van der Waals surface area contributed by atoms with Gasteiger partial charge < -0.3 is 10.1 Å². The van der Waals surface area contributed by atoms with E-state index in [2.05, 4.69) is 10.3 Å². The first-order chi connectivity index (χ1) is 10.5. The summed E-state index contributed by atoms with van der Waals surface area (Å²) in [4.78, 5) is 36.1. The Morgan fingerprint density at radius 3 is 2.64 bits per heavy atom. The van der Waals surface area contributed by atoms with Gasteiger partial charge in [-0.15, -0.1) is 0 Å². The SMILES string of the molecule is O=C(Cn1ccc(=O)[nH]c1=O)NCCOc1ccc(Cl)cc1. The number of hydrogen-bond donors (Lipinski definition) is 2. The fourth-order valence-electron chi connectivity index (χ4n) is 1.67. The second-order valence-electron chi connectivity index (χ2n) is 4.39. The highest BCUT2D eigenvalue weighted by Crippen LogP contribution is 2.14. The van der Waals surface area contributed by atoms with Gasteiger partial charge >= 0.3 is 5.69 Å². The van der Waals surface area contributed by atoms with E-state index in [9.17, 15) is 14.4 Å². The zero-order valence-electron chi connectivity index (χ0n) is 11.5. The van der Waals surface area contributed by atoms with Crippen LogP contribution in [0.2, 0.25) is 5.02 Å². The van der Waals surface area contributed by atoms with Crippen LogP contribution in [0.15, 0.2) is 46.1 Å². The number of ether oxygens (including phenoxy) is 1. The van der Waals surface area contributed by atoms with Gasteiger partial charge in [-0.2, -0.15) is 0 Å². The summed E-state index contributed by atoms with van der Waals surface area (Å²) in [5.41, 5.74) is -1.13. The van der Waals surface area contributed by atoms with E-state index >= 15 is 0 Å². The van der Waals surface area contributed by atoms with Crippen LogP contribution in [-0.4, -0.2) is 28.6 Å². The summed E-state index contributed by atoms with van der Waals surface area (Å²) in [6, 6.07) is 8.04. The molecule has 1 amide bonds. The van der Waals surface area contributed by atoms with Gasteiger partial charge in [-0.1, -0.05) is 11.6 Å². The van der Waals surface area contributed by atoms with Crippen LogP contribution >= 0.6 is 11.6 Å². The van der Waals surface area contributed by atoms with Crippen molar-refractivity contribution in [3.05, 3.63) is 62.4 Å². The van der Waals surface area contributed by atoms with Gasteiger partial charge in [0.15, 0.2) is 0 Å². The number of nitrogens with zero attached hydrogens (tertiary/aromatic N) is 1. The van der Waals surface area contributed by atoms with E-state index in [0.717, 1.165) is 4.57 Å². The maximum Gasteiger partial charge on any atom is 0.328 e. The number of aromatic amines is 1. The molecule has 2 aromatic rings. The smallest absolute Gasteiger partial charge is 0.328 e. The van der Waals surface area contributed by atoms with Gasteiger partial charge in [0.05, 0.1) is 6.54 Å². The molecule has 0 atom stereocenters. The number of amides is 1. The minimum absolute atomic E-state index is 0.170. The lowest BCUT2D eigenvalue weighted by Crippen LogP contribution is -2.36. The molecule has 0 bridgehead atoms. The van der Waals surface area contributed by atoms with Crippen molar-refractivity contribution in [3.8, 4) is 5.75 Å². The highest BCUT2D eigenvalue weighted by Gasteiger charge is 2.04. The Hall–Kier alpha value is -2.54. The van der Waals surface area contributed by atoms with E-state index in [-0.39, 0.29) is 19.1 Å². The first kappa shape index (κ1) is 15.8. The first-order valence-corrected chi connectivity index (χ1v) is 6.87. The maximum absolute atomic E-state index is 11.7. The molecular weight excluding hydrogens is 310 g/mol. The molecule has 7 nitrogen and oxygen atoms in total. The molecule has 0 aliphatic rings. The van der Waals surface area contributed by atoms with Crippen LogP contribution in [-0.2, 0) is 11.3 Å². The highest BCUT2D eigenvalue weighted by atomic mass is 35.5. The third-order valence-electron chi connectivity index (χ3n) is 2.72. The number of rotatable bonds is 6. The molecule has 1 heterocycles. The Bertz CT molecular complexity index is 752. The van der Waals surface area contributed by atoms with Crippen molar-refractivity contribution in [1.82, 2.24) is 14.9 Å². The van der Waals surface area contributed by atoms with E-state index < -0.39 is 11.2 Å². The van der Waals surface area contributed by atoms with Crippen molar-refractivity contribution in [1.29, 1.82) is 0 Å². The average molecular weight is 324 g/mol. The van der Waals surface area contributed by atoms with Crippen LogP contribution in [0.1, 0.15) is 0 Å². The molecule has 0 radical (unpaired) electrons. The lowest BCUT2D eigenvalue weighted by Gasteiger charge is -2.08. The summed E-state index contributed by atoms with van der Waals surface area (Å²) in [6.45, 7) is 0.407. The summed E-state index contributed by atoms with van der Waals surface area (Å²) in [5.74, 6) is 0.296. The minimum Gasteiger partial charge on any atom is -0.492 e. The molecule has 22 heavy (non-hydrogen) atoms. The molecule has 1 aromatic carbocycles. The molecule has 116 valence electrons. The van der Waals surface area contributed by atoms with Gasteiger partial charge in [0.25, 0.3) is 5.56 Å². The third kappa shape index (κ3) is 4.78. The molecule has 0 saturated carbocycles. The molecule has 0 aliphatic carbocycles. The van der Waals surface area contributed by atoms with Gasteiger partial charge in [0.2, 0.25) is 5.91 Å². The number of carbonyl (C=O) groups excluding carboxylic acids is 1. The molecular formula is C14H14ClN3O4. The normalized spacial score (nSPS) is 10.2. The fourth-order valence-corrected chi connectivity index (χ4v) is 1.80. The summed E-state index contributed by atoms with van der Waals surface area (Å²) in [6.07, 6.45) is 1.27. The van der Waals surface area contributed by atoms with Crippen molar-refractivity contribution in [2.75, 3.05) is 13.2 Å². The largest absolute Gasteiger partial charge is 0.492 e. The number of benzene rings is 1. The molecule has 2 rings (SSSR count). The van der Waals surface area contributed by atoms with Crippen molar-refractivity contribution in [2.45, 2.75) is 6.54 Å². The van der Waals surface area contributed by atoms with Crippen LogP contribution in [0, 0.1) is 0 Å². The number of H-pyrrole nitrogens is 1. The molecule has 1 aromatic heterocycles. The van der Waals surface area contributed by atoms with Gasteiger partial charge in [-0.25, -0.2) is 4.79 Å². The molecule has 0 fully saturated rings. The minimum atomic E-state index is -0.625. The molecule has 0 saturated heterocycles. The van der Waals surface area contributed by atoms with Crippen LogP contribution in [0.4, 0.5) is 0 Å².